The molecule has 0 radical (unpaired) electrons. The molecule has 1 N–H and O–H groups in total. The van der Waals surface area contributed by atoms with Crippen molar-refractivity contribution in [3.05, 3.63) is 54.1 Å². The summed E-state index contributed by atoms with van der Waals surface area (Å²) >= 11 is 0. The second-order valence-electron chi connectivity index (χ2n) is 7.02. The van der Waals surface area contributed by atoms with Crippen molar-refractivity contribution >= 4 is 31.6 Å². The van der Waals surface area contributed by atoms with Crippen molar-refractivity contribution in [2.75, 3.05) is 11.9 Å². The Morgan fingerprint density at radius 1 is 1.07 bits per heavy atom. The van der Waals surface area contributed by atoms with Crippen LogP contribution in [0.5, 0.6) is 0 Å². The van der Waals surface area contributed by atoms with E-state index < -0.39 is 20.0 Å². The summed E-state index contributed by atoms with van der Waals surface area (Å²) in [5, 5.41) is 2.98. The van der Waals surface area contributed by atoms with Gasteiger partial charge in [-0.05, 0) is 56.2 Å². The zero-order valence-electron chi connectivity index (χ0n) is 15.4. The van der Waals surface area contributed by atoms with Gasteiger partial charge < -0.3 is 5.32 Å². The molecular formula is C19H21N3O4S2. The van der Waals surface area contributed by atoms with Crippen molar-refractivity contribution in [2.45, 2.75) is 42.0 Å². The van der Waals surface area contributed by atoms with Crippen molar-refractivity contribution in [3.8, 4) is 0 Å². The summed E-state index contributed by atoms with van der Waals surface area (Å²) in [6.45, 7) is 2.47. The van der Waals surface area contributed by atoms with Crippen molar-refractivity contribution in [2.24, 2.45) is 4.40 Å². The lowest BCUT2D eigenvalue weighted by atomic mass is 10.1. The third-order valence-electron chi connectivity index (χ3n) is 5.10. The maximum absolute atomic E-state index is 12.9. The Morgan fingerprint density at radius 2 is 1.79 bits per heavy atom. The van der Waals surface area contributed by atoms with Crippen LogP contribution in [0, 0.1) is 0 Å². The number of rotatable bonds is 3. The van der Waals surface area contributed by atoms with Crippen LogP contribution in [0.3, 0.4) is 0 Å². The number of hydrogen-bond acceptors (Lipinski definition) is 5. The Hall–Kier alpha value is -2.23. The van der Waals surface area contributed by atoms with Crippen LogP contribution in [0.4, 0.5) is 5.69 Å². The highest BCUT2D eigenvalue weighted by atomic mass is 32.2. The first kappa shape index (κ1) is 19.1. The molecule has 0 bridgehead atoms. The largest absolute Gasteiger partial charge is 0.339 e. The van der Waals surface area contributed by atoms with Crippen LogP contribution in [0.15, 0.2) is 62.7 Å². The Labute approximate surface area is 165 Å². The number of nitrogens with zero attached hydrogens (tertiary/aromatic N) is 2. The van der Waals surface area contributed by atoms with Crippen LogP contribution >= 0.6 is 0 Å². The normalized spacial score (nSPS) is 21.8. The Kier molecular flexibility index (Phi) is 4.76. The van der Waals surface area contributed by atoms with Gasteiger partial charge in [0.1, 0.15) is 4.90 Å². The van der Waals surface area contributed by atoms with Crippen molar-refractivity contribution < 1.29 is 16.8 Å². The van der Waals surface area contributed by atoms with Crippen molar-refractivity contribution in [1.82, 2.24) is 4.31 Å². The fourth-order valence-corrected chi connectivity index (χ4v) is 6.48. The Morgan fingerprint density at radius 3 is 2.50 bits per heavy atom. The van der Waals surface area contributed by atoms with E-state index in [9.17, 15) is 16.8 Å². The van der Waals surface area contributed by atoms with Gasteiger partial charge in [-0.15, -0.1) is 4.40 Å². The average molecular weight is 420 g/mol. The highest BCUT2D eigenvalue weighted by Crippen LogP contribution is 2.28. The Balaban J connectivity index is 1.58. The molecule has 0 saturated carbocycles. The van der Waals surface area contributed by atoms with Gasteiger partial charge in [0.25, 0.3) is 10.0 Å². The van der Waals surface area contributed by atoms with E-state index in [1.165, 1.54) is 18.2 Å². The van der Waals surface area contributed by atoms with E-state index in [1.54, 1.807) is 34.6 Å². The van der Waals surface area contributed by atoms with Crippen LogP contribution in [0.1, 0.15) is 31.7 Å². The molecule has 28 heavy (non-hydrogen) atoms. The minimum atomic E-state index is -3.70. The van der Waals surface area contributed by atoms with Gasteiger partial charge in [-0.3, -0.25) is 0 Å². The van der Waals surface area contributed by atoms with Gasteiger partial charge >= 0.3 is 0 Å². The first-order valence-corrected chi connectivity index (χ1v) is 12.0. The molecule has 2 aromatic rings. The van der Waals surface area contributed by atoms with E-state index in [-0.39, 0.29) is 21.7 Å². The van der Waals surface area contributed by atoms with Crippen LogP contribution < -0.4 is 5.32 Å². The lowest BCUT2D eigenvalue weighted by molar-refractivity contribution is 0.268. The molecule has 1 atom stereocenters. The third-order valence-corrected chi connectivity index (χ3v) is 8.46. The summed E-state index contributed by atoms with van der Waals surface area (Å²) in [7, 11) is -7.25. The van der Waals surface area contributed by atoms with E-state index in [2.05, 4.69) is 9.71 Å². The summed E-state index contributed by atoms with van der Waals surface area (Å²) < 4.78 is 55.4. The quantitative estimate of drug-likeness (QED) is 0.825. The molecule has 9 heteroatoms. The molecule has 148 valence electrons. The predicted octanol–water partition coefficient (Wildman–Crippen LogP) is 2.81. The van der Waals surface area contributed by atoms with Crippen LogP contribution in [0.25, 0.3) is 0 Å². The number of hydrogen-bond donors (Lipinski definition) is 1. The van der Waals surface area contributed by atoms with E-state index >= 15 is 0 Å². The van der Waals surface area contributed by atoms with Gasteiger partial charge in [0.15, 0.2) is 5.84 Å². The van der Waals surface area contributed by atoms with Gasteiger partial charge in [-0.1, -0.05) is 18.6 Å². The molecule has 1 saturated heterocycles. The summed E-state index contributed by atoms with van der Waals surface area (Å²) in [5.74, 6) is 0.232. The molecule has 2 aromatic carbocycles. The molecule has 0 spiro atoms. The molecule has 2 aliphatic heterocycles. The predicted molar refractivity (Wildman–Crippen MR) is 107 cm³/mol. The molecule has 2 aliphatic rings. The number of sulfonamides is 2. The zero-order valence-corrected chi connectivity index (χ0v) is 17.0. The standard InChI is InChI=1S/C19H21N3O4S2/c1-14-6-4-5-13-22(14)28(25,26)16-11-9-15(10-12-16)20-19-17-7-2-3-8-18(17)27(23,24)21-19/h2-3,7-12,14H,4-6,13H2,1H3,(H,20,21)/t14-/m1/s1. The van der Waals surface area contributed by atoms with Gasteiger partial charge in [0.2, 0.25) is 10.0 Å². The molecule has 0 amide bonds. The van der Waals surface area contributed by atoms with Crippen molar-refractivity contribution in [3.63, 3.8) is 0 Å². The molecule has 0 aromatic heterocycles. The molecule has 7 nitrogen and oxygen atoms in total. The molecule has 0 unspecified atom stereocenters. The maximum atomic E-state index is 12.9. The van der Waals surface area contributed by atoms with Crippen molar-refractivity contribution in [1.29, 1.82) is 0 Å². The topological polar surface area (TPSA) is 95.9 Å². The first-order valence-electron chi connectivity index (χ1n) is 9.12. The molecule has 0 aliphatic carbocycles. The van der Waals surface area contributed by atoms with Gasteiger partial charge in [-0.2, -0.15) is 12.7 Å². The molecular weight excluding hydrogens is 398 g/mol. The molecule has 2 heterocycles. The lowest BCUT2D eigenvalue weighted by Gasteiger charge is -2.32. The summed E-state index contributed by atoms with van der Waals surface area (Å²) in [6, 6.07) is 12.9. The van der Waals surface area contributed by atoms with E-state index in [0.29, 0.717) is 17.8 Å². The van der Waals surface area contributed by atoms with Crippen LogP contribution in [-0.4, -0.2) is 39.6 Å². The average Bonchev–Trinajstić information content (AvgIpc) is 2.93. The maximum Gasteiger partial charge on any atom is 0.285 e. The van der Waals surface area contributed by atoms with Gasteiger partial charge in [0, 0.05) is 23.8 Å². The summed E-state index contributed by atoms with van der Waals surface area (Å²) in [6.07, 6.45) is 2.78. The second-order valence-corrected chi connectivity index (χ2v) is 10.5. The monoisotopic (exact) mass is 419 g/mol. The van der Waals surface area contributed by atoms with E-state index in [4.69, 9.17) is 0 Å². The molecule has 1 fully saturated rings. The molecule has 4 rings (SSSR count). The second kappa shape index (κ2) is 6.98. The highest BCUT2D eigenvalue weighted by Gasteiger charge is 2.31. The third kappa shape index (κ3) is 3.34. The lowest BCUT2D eigenvalue weighted by Crippen LogP contribution is -2.41. The Bertz CT molecular complexity index is 1140. The van der Waals surface area contributed by atoms with Crippen LogP contribution in [0.2, 0.25) is 0 Å². The number of benzene rings is 2. The highest BCUT2D eigenvalue weighted by molar-refractivity contribution is 7.90. The minimum absolute atomic E-state index is 0.00824. The van der Waals surface area contributed by atoms with E-state index in [0.717, 1.165) is 19.3 Å². The number of amidine groups is 1. The number of anilines is 1. The van der Waals surface area contributed by atoms with Gasteiger partial charge in [-0.25, -0.2) is 8.42 Å². The van der Waals surface area contributed by atoms with Crippen LogP contribution in [-0.2, 0) is 20.0 Å². The summed E-state index contributed by atoms with van der Waals surface area (Å²) in [4.78, 5) is 0.393. The fourth-order valence-electron chi connectivity index (χ4n) is 3.61. The number of fused-ring (bicyclic) bond motifs is 1. The number of piperidine rings is 1. The summed E-state index contributed by atoms with van der Waals surface area (Å²) in [5.41, 5.74) is 1.07. The van der Waals surface area contributed by atoms with Gasteiger partial charge in [0.05, 0.1) is 4.90 Å². The first-order chi connectivity index (χ1) is 13.3. The smallest absolute Gasteiger partial charge is 0.285 e. The fraction of sp³-hybridized carbons (Fsp3) is 0.316. The zero-order chi connectivity index (χ0) is 19.9. The van der Waals surface area contributed by atoms with E-state index in [1.807, 2.05) is 6.92 Å². The number of nitrogens with one attached hydrogen (secondary N) is 1. The SMILES string of the molecule is C[C@@H]1CCCCN1S(=O)(=O)c1ccc(NC2=NS(=O)(=O)c3ccccc32)cc1. The minimum Gasteiger partial charge on any atom is -0.339 e.